The summed E-state index contributed by atoms with van der Waals surface area (Å²) in [7, 11) is 0. The second-order valence-electron chi connectivity index (χ2n) is 14.7. The SMILES string of the molecule is CC[C@@H]1CCN(C(=O)C(CC(C)(C)C)NC(=O)O[C@@H]2C[C@H]2CCCCCc2nc3ccc(OCc4cnccn4)cc3[nH]c2=O)[C@@H]1C(C)=O. The molecule has 1 aliphatic heterocycles. The largest absolute Gasteiger partial charge is 0.487 e. The van der Waals surface area contributed by atoms with Gasteiger partial charge in [-0.05, 0) is 74.8 Å². The van der Waals surface area contributed by atoms with Crippen molar-refractivity contribution in [2.75, 3.05) is 6.54 Å². The maximum absolute atomic E-state index is 13.6. The molecule has 2 amide bonds. The van der Waals surface area contributed by atoms with Gasteiger partial charge in [0.15, 0.2) is 5.78 Å². The first-order chi connectivity index (χ1) is 23.4. The van der Waals surface area contributed by atoms with Crippen LogP contribution < -0.4 is 15.6 Å². The molecule has 2 aromatic heterocycles. The van der Waals surface area contributed by atoms with E-state index in [0.29, 0.717) is 53.5 Å². The average Bonchev–Trinajstić information content (AvgIpc) is 3.63. The van der Waals surface area contributed by atoms with E-state index in [9.17, 15) is 19.2 Å². The Hall–Kier alpha value is -4.35. The highest BCUT2D eigenvalue weighted by Crippen LogP contribution is 2.38. The van der Waals surface area contributed by atoms with Crippen LogP contribution in [0.3, 0.4) is 0 Å². The number of benzene rings is 1. The zero-order valence-corrected chi connectivity index (χ0v) is 29.4. The van der Waals surface area contributed by atoms with Gasteiger partial charge in [0.05, 0.1) is 29.0 Å². The number of aryl methyl sites for hydroxylation is 1. The highest BCUT2D eigenvalue weighted by Gasteiger charge is 2.44. The summed E-state index contributed by atoms with van der Waals surface area (Å²) in [5.74, 6) is 0.838. The summed E-state index contributed by atoms with van der Waals surface area (Å²) in [4.78, 5) is 69.2. The fraction of sp³-hybridized carbons (Fsp3) is 0.595. The molecule has 1 saturated heterocycles. The molecule has 1 saturated carbocycles. The van der Waals surface area contributed by atoms with Crippen molar-refractivity contribution in [1.82, 2.24) is 30.2 Å². The van der Waals surface area contributed by atoms with Crippen LogP contribution in [0.15, 0.2) is 41.6 Å². The first-order valence-corrected chi connectivity index (χ1v) is 17.6. The Bertz CT molecular complexity index is 1670. The van der Waals surface area contributed by atoms with Gasteiger partial charge in [0.2, 0.25) is 5.91 Å². The number of nitrogens with zero attached hydrogens (tertiary/aromatic N) is 4. The number of hydrogen-bond acceptors (Lipinski definition) is 9. The van der Waals surface area contributed by atoms with Crippen molar-refractivity contribution in [3.63, 3.8) is 0 Å². The Morgan fingerprint density at radius 1 is 1.12 bits per heavy atom. The quantitative estimate of drug-likeness (QED) is 0.198. The van der Waals surface area contributed by atoms with Crippen LogP contribution in [-0.2, 0) is 27.4 Å². The molecule has 0 radical (unpaired) electrons. The van der Waals surface area contributed by atoms with E-state index in [-0.39, 0.29) is 41.3 Å². The van der Waals surface area contributed by atoms with Crippen molar-refractivity contribution in [3.8, 4) is 5.75 Å². The van der Waals surface area contributed by atoms with Crippen molar-refractivity contribution in [2.45, 2.75) is 117 Å². The maximum atomic E-state index is 13.6. The van der Waals surface area contributed by atoms with E-state index in [0.717, 1.165) is 44.9 Å². The van der Waals surface area contributed by atoms with Crippen molar-refractivity contribution in [3.05, 3.63) is 58.5 Å². The van der Waals surface area contributed by atoms with Gasteiger partial charge < -0.3 is 24.7 Å². The number of aromatic nitrogens is 4. The first kappa shape index (κ1) is 35.9. The molecule has 12 nitrogen and oxygen atoms in total. The molecule has 0 spiro atoms. The third kappa shape index (κ3) is 9.86. The van der Waals surface area contributed by atoms with E-state index in [1.165, 1.54) is 0 Å². The molecular formula is C37H50N6O6. The van der Waals surface area contributed by atoms with Crippen molar-refractivity contribution >= 4 is 28.8 Å². The topological polar surface area (TPSA) is 156 Å². The molecule has 1 unspecified atom stereocenters. The van der Waals surface area contributed by atoms with Gasteiger partial charge in [0.25, 0.3) is 5.56 Å². The maximum Gasteiger partial charge on any atom is 0.408 e. The minimum absolute atomic E-state index is 0.00744. The van der Waals surface area contributed by atoms with Crippen molar-refractivity contribution < 1.29 is 23.9 Å². The number of ether oxygens (including phenoxy) is 2. The summed E-state index contributed by atoms with van der Waals surface area (Å²) < 4.78 is 11.5. The van der Waals surface area contributed by atoms with Gasteiger partial charge >= 0.3 is 6.09 Å². The van der Waals surface area contributed by atoms with E-state index < -0.39 is 18.2 Å². The first-order valence-electron chi connectivity index (χ1n) is 17.6. The number of nitrogens with one attached hydrogen (secondary N) is 2. The minimum Gasteiger partial charge on any atom is -0.487 e. The van der Waals surface area contributed by atoms with Crippen LogP contribution in [0.2, 0.25) is 0 Å². The van der Waals surface area contributed by atoms with Crippen LogP contribution in [0.25, 0.3) is 11.0 Å². The van der Waals surface area contributed by atoms with Crippen LogP contribution in [-0.4, -0.2) is 67.4 Å². The van der Waals surface area contributed by atoms with Crippen LogP contribution in [0.4, 0.5) is 4.79 Å². The molecule has 5 rings (SSSR count). The molecule has 2 N–H and O–H groups in total. The predicted molar refractivity (Wildman–Crippen MR) is 185 cm³/mol. The van der Waals surface area contributed by atoms with Crippen molar-refractivity contribution in [2.24, 2.45) is 17.3 Å². The molecule has 1 aromatic carbocycles. The summed E-state index contributed by atoms with van der Waals surface area (Å²) in [6.45, 7) is 10.5. The van der Waals surface area contributed by atoms with E-state index in [1.54, 1.807) is 36.5 Å². The highest BCUT2D eigenvalue weighted by molar-refractivity contribution is 5.92. The second-order valence-corrected chi connectivity index (χ2v) is 14.7. The molecule has 0 bridgehead atoms. The lowest BCUT2D eigenvalue weighted by atomic mass is 9.87. The summed E-state index contributed by atoms with van der Waals surface area (Å²) >= 11 is 0. The Morgan fingerprint density at radius 2 is 1.94 bits per heavy atom. The van der Waals surface area contributed by atoms with Gasteiger partial charge in [0.1, 0.15) is 30.2 Å². The fourth-order valence-electron chi connectivity index (χ4n) is 6.88. The number of H-pyrrole nitrogens is 1. The third-order valence-electron chi connectivity index (χ3n) is 9.50. The van der Waals surface area contributed by atoms with Gasteiger partial charge in [0, 0.05) is 25.0 Å². The molecule has 2 fully saturated rings. The van der Waals surface area contributed by atoms with Crippen LogP contribution in [0.5, 0.6) is 5.75 Å². The smallest absolute Gasteiger partial charge is 0.408 e. The van der Waals surface area contributed by atoms with E-state index >= 15 is 0 Å². The standard InChI is InChI=1S/C37H50N6O6/c1-6-24-14-17-43(33(24)23(2)44)35(46)31(20-37(3,4)5)42-36(47)49-32-18-25(32)10-8-7-9-11-29-34(45)41-30-19-27(12-13-28(30)40-29)48-22-26-21-38-15-16-39-26/h12-13,15-16,19,21,24-25,31-33H,6-11,14,17-18,20,22H2,1-5H3,(H,41,45)(H,42,47)/t24-,25-,31?,32-,33-/m1/s1. The number of unbranched alkanes of at least 4 members (excludes halogenated alkanes) is 2. The monoisotopic (exact) mass is 674 g/mol. The molecular weight excluding hydrogens is 624 g/mol. The Kier molecular flexibility index (Phi) is 11.7. The van der Waals surface area contributed by atoms with Gasteiger partial charge in [-0.2, -0.15) is 0 Å². The lowest BCUT2D eigenvalue weighted by Crippen LogP contribution is -2.53. The number of fused-ring (bicyclic) bond motifs is 1. The molecule has 12 heteroatoms. The summed E-state index contributed by atoms with van der Waals surface area (Å²) in [6, 6.07) is 4.24. The normalized spacial score (nSPS) is 21.0. The number of aromatic amines is 1. The number of carbonyl (C=O) groups excluding carboxylic acids is 3. The van der Waals surface area contributed by atoms with E-state index in [1.807, 2.05) is 39.8 Å². The molecule has 5 atom stereocenters. The molecule has 264 valence electrons. The number of hydrogen-bond donors (Lipinski definition) is 2. The number of rotatable bonds is 15. The molecule has 2 aliphatic rings. The van der Waals surface area contributed by atoms with Gasteiger partial charge in [-0.25, -0.2) is 9.78 Å². The van der Waals surface area contributed by atoms with Crippen LogP contribution in [0.1, 0.15) is 97.4 Å². The van der Waals surface area contributed by atoms with Gasteiger partial charge in [-0.3, -0.25) is 24.4 Å². The van der Waals surface area contributed by atoms with Gasteiger partial charge in [-0.15, -0.1) is 0 Å². The number of Topliss-reactive ketones (excluding diaryl/α,β-unsaturated/α-hetero) is 1. The Balaban J connectivity index is 1.04. The van der Waals surface area contributed by atoms with Gasteiger partial charge in [-0.1, -0.05) is 47.0 Å². The molecule has 1 aliphatic carbocycles. The lowest BCUT2D eigenvalue weighted by Gasteiger charge is -2.32. The average molecular weight is 675 g/mol. The zero-order chi connectivity index (χ0) is 35.1. The van der Waals surface area contributed by atoms with Crippen LogP contribution in [0, 0.1) is 17.3 Å². The number of carbonyl (C=O) groups is 3. The molecule has 49 heavy (non-hydrogen) atoms. The number of alkyl carbamates (subject to hydrolysis) is 1. The second kappa shape index (κ2) is 15.9. The third-order valence-corrected chi connectivity index (χ3v) is 9.50. The molecule has 3 aromatic rings. The Labute approximate surface area is 287 Å². The fourth-order valence-corrected chi connectivity index (χ4v) is 6.88. The lowest BCUT2D eigenvalue weighted by molar-refractivity contribution is -0.140. The summed E-state index contributed by atoms with van der Waals surface area (Å²) in [5.41, 5.74) is 2.13. The number of likely N-dealkylation sites (tertiary alicyclic amines) is 1. The summed E-state index contributed by atoms with van der Waals surface area (Å²) in [5, 5.41) is 2.85. The number of ketones is 1. The van der Waals surface area contributed by atoms with Crippen molar-refractivity contribution in [1.29, 1.82) is 0 Å². The molecule has 3 heterocycles. The van der Waals surface area contributed by atoms with Crippen LogP contribution >= 0.6 is 0 Å². The minimum atomic E-state index is -0.751. The van der Waals surface area contributed by atoms with E-state index in [2.05, 4.69) is 25.3 Å². The Morgan fingerprint density at radius 3 is 2.65 bits per heavy atom. The predicted octanol–water partition coefficient (Wildman–Crippen LogP) is 5.53. The van der Waals surface area contributed by atoms with E-state index in [4.69, 9.17) is 9.47 Å². The highest BCUT2D eigenvalue weighted by atomic mass is 16.6. The zero-order valence-electron chi connectivity index (χ0n) is 29.4. The number of amides is 2. The summed E-state index contributed by atoms with van der Waals surface area (Å²) in [6.07, 6.45) is 11.2.